The van der Waals surface area contributed by atoms with E-state index in [4.69, 9.17) is 4.74 Å². The van der Waals surface area contributed by atoms with Gasteiger partial charge in [-0.25, -0.2) is 4.98 Å². The first-order chi connectivity index (χ1) is 7.03. The number of methoxy groups -OCH3 is 1. The van der Waals surface area contributed by atoms with Crippen molar-refractivity contribution in [3.8, 4) is 5.88 Å². The molecule has 0 unspecified atom stereocenters. The number of hydrogen-bond acceptors (Lipinski definition) is 3. The minimum atomic E-state index is 0.350. The Morgan fingerprint density at radius 1 is 1.40 bits per heavy atom. The Hall–Kier alpha value is -1.25. The molecule has 0 aliphatic rings. The number of rotatable bonds is 4. The highest BCUT2D eigenvalue weighted by atomic mass is 16.5. The largest absolute Gasteiger partial charge is 0.480 e. The number of anilines is 1. The van der Waals surface area contributed by atoms with E-state index in [1.807, 2.05) is 12.1 Å². The van der Waals surface area contributed by atoms with Crippen LogP contribution in [0, 0.1) is 5.41 Å². The maximum absolute atomic E-state index is 5.15. The fourth-order valence-corrected chi connectivity index (χ4v) is 1.26. The number of nitrogens with one attached hydrogen (secondary N) is 1. The van der Waals surface area contributed by atoms with E-state index in [0.29, 0.717) is 11.3 Å². The summed E-state index contributed by atoms with van der Waals surface area (Å²) in [7, 11) is 1.64. The third-order valence-corrected chi connectivity index (χ3v) is 2.15. The molecule has 1 heterocycles. The van der Waals surface area contributed by atoms with Crippen molar-refractivity contribution in [2.45, 2.75) is 27.2 Å². The van der Waals surface area contributed by atoms with Gasteiger partial charge in [0.2, 0.25) is 5.88 Å². The lowest BCUT2D eigenvalue weighted by atomic mass is 9.92. The van der Waals surface area contributed by atoms with Crippen LogP contribution in [0.3, 0.4) is 0 Å². The molecule has 1 N–H and O–H groups in total. The Kier molecular flexibility index (Phi) is 3.95. The van der Waals surface area contributed by atoms with Crippen molar-refractivity contribution in [3.05, 3.63) is 18.3 Å². The Balaban J connectivity index is 2.50. The fraction of sp³-hybridized carbons (Fsp3) is 0.583. The Morgan fingerprint density at radius 2 is 2.13 bits per heavy atom. The summed E-state index contributed by atoms with van der Waals surface area (Å²) in [6.45, 7) is 7.63. The summed E-state index contributed by atoms with van der Waals surface area (Å²) in [5.41, 5.74) is 1.31. The molecule has 1 aromatic rings. The van der Waals surface area contributed by atoms with E-state index in [0.717, 1.165) is 18.7 Å². The summed E-state index contributed by atoms with van der Waals surface area (Å²) < 4.78 is 5.15. The van der Waals surface area contributed by atoms with Crippen LogP contribution in [-0.2, 0) is 0 Å². The second kappa shape index (κ2) is 5.01. The first kappa shape index (κ1) is 11.8. The van der Waals surface area contributed by atoms with Gasteiger partial charge >= 0.3 is 0 Å². The molecule has 3 heteroatoms. The monoisotopic (exact) mass is 208 g/mol. The summed E-state index contributed by atoms with van der Waals surface area (Å²) in [4.78, 5) is 4.13. The van der Waals surface area contributed by atoms with Gasteiger partial charge in [0.1, 0.15) is 0 Å². The topological polar surface area (TPSA) is 34.1 Å². The number of pyridine rings is 1. The van der Waals surface area contributed by atoms with Gasteiger partial charge < -0.3 is 10.1 Å². The van der Waals surface area contributed by atoms with Crippen LogP contribution in [0.4, 0.5) is 5.69 Å². The zero-order valence-corrected chi connectivity index (χ0v) is 10.0. The van der Waals surface area contributed by atoms with E-state index in [-0.39, 0.29) is 0 Å². The third-order valence-electron chi connectivity index (χ3n) is 2.15. The number of hydrogen-bond donors (Lipinski definition) is 1. The van der Waals surface area contributed by atoms with Crippen LogP contribution in [0.1, 0.15) is 27.2 Å². The molecule has 0 spiro atoms. The maximum Gasteiger partial charge on any atom is 0.237 e. The Morgan fingerprint density at radius 3 is 2.73 bits per heavy atom. The van der Waals surface area contributed by atoms with Gasteiger partial charge in [-0.3, -0.25) is 0 Å². The maximum atomic E-state index is 5.15. The van der Waals surface area contributed by atoms with Gasteiger partial charge in [-0.2, -0.15) is 0 Å². The minimum absolute atomic E-state index is 0.350. The highest BCUT2D eigenvalue weighted by Crippen LogP contribution is 2.22. The summed E-state index contributed by atoms with van der Waals surface area (Å²) in [6.07, 6.45) is 2.85. The van der Waals surface area contributed by atoms with Gasteiger partial charge in [0.25, 0.3) is 0 Å². The molecule has 0 atom stereocenters. The van der Waals surface area contributed by atoms with E-state index < -0.39 is 0 Å². The zero-order valence-electron chi connectivity index (χ0n) is 10.0. The van der Waals surface area contributed by atoms with Crippen LogP contribution in [0.5, 0.6) is 5.88 Å². The molecule has 1 aromatic heterocycles. The molecule has 0 radical (unpaired) electrons. The van der Waals surface area contributed by atoms with Crippen LogP contribution >= 0.6 is 0 Å². The molecule has 15 heavy (non-hydrogen) atoms. The predicted octanol–water partition coefficient (Wildman–Crippen LogP) is 2.94. The quantitative estimate of drug-likeness (QED) is 0.826. The van der Waals surface area contributed by atoms with Crippen molar-refractivity contribution >= 4 is 5.69 Å². The second-order valence-corrected chi connectivity index (χ2v) is 4.80. The summed E-state index contributed by atoms with van der Waals surface area (Å²) in [5.74, 6) is 0.659. The van der Waals surface area contributed by atoms with Crippen molar-refractivity contribution in [1.29, 1.82) is 0 Å². The van der Waals surface area contributed by atoms with Gasteiger partial charge in [0, 0.05) is 12.7 Å². The van der Waals surface area contributed by atoms with Crippen molar-refractivity contribution in [2.24, 2.45) is 5.41 Å². The summed E-state index contributed by atoms with van der Waals surface area (Å²) in [6, 6.07) is 3.89. The van der Waals surface area contributed by atoms with Gasteiger partial charge in [-0.05, 0) is 24.0 Å². The average Bonchev–Trinajstić information content (AvgIpc) is 2.16. The molecule has 0 saturated carbocycles. The van der Waals surface area contributed by atoms with E-state index in [2.05, 4.69) is 31.1 Å². The van der Waals surface area contributed by atoms with Crippen LogP contribution in [0.15, 0.2) is 18.3 Å². The van der Waals surface area contributed by atoms with Crippen LogP contribution in [0.2, 0.25) is 0 Å². The Labute approximate surface area is 91.9 Å². The lowest BCUT2D eigenvalue weighted by Crippen LogP contribution is -2.13. The SMILES string of the molecule is COc1ncccc1NCCC(C)(C)C. The van der Waals surface area contributed by atoms with E-state index in [1.165, 1.54) is 0 Å². The number of aromatic nitrogens is 1. The fourth-order valence-electron chi connectivity index (χ4n) is 1.26. The molecule has 0 aliphatic heterocycles. The standard InChI is InChI=1S/C12H20N2O/c1-12(2,3)7-9-13-10-6-5-8-14-11(10)15-4/h5-6,8,13H,7,9H2,1-4H3. The third kappa shape index (κ3) is 4.19. The predicted molar refractivity (Wildman–Crippen MR) is 63.4 cm³/mol. The van der Waals surface area contributed by atoms with Gasteiger partial charge in [-0.1, -0.05) is 20.8 Å². The lowest BCUT2D eigenvalue weighted by Gasteiger charge is -2.18. The molecule has 0 fully saturated rings. The summed E-state index contributed by atoms with van der Waals surface area (Å²) in [5, 5.41) is 3.33. The average molecular weight is 208 g/mol. The van der Waals surface area contributed by atoms with Gasteiger partial charge in [0.15, 0.2) is 0 Å². The smallest absolute Gasteiger partial charge is 0.237 e. The van der Waals surface area contributed by atoms with Gasteiger partial charge in [-0.15, -0.1) is 0 Å². The van der Waals surface area contributed by atoms with Crippen molar-refractivity contribution in [3.63, 3.8) is 0 Å². The first-order valence-corrected chi connectivity index (χ1v) is 5.26. The van der Waals surface area contributed by atoms with Crippen LogP contribution < -0.4 is 10.1 Å². The molecule has 1 rings (SSSR count). The molecule has 3 nitrogen and oxygen atoms in total. The second-order valence-electron chi connectivity index (χ2n) is 4.80. The molecule has 0 bridgehead atoms. The van der Waals surface area contributed by atoms with Crippen molar-refractivity contribution in [1.82, 2.24) is 4.98 Å². The molecular formula is C12H20N2O. The highest BCUT2D eigenvalue weighted by molar-refractivity contribution is 5.51. The molecule has 84 valence electrons. The van der Waals surface area contributed by atoms with E-state index in [9.17, 15) is 0 Å². The number of ether oxygens (including phenoxy) is 1. The first-order valence-electron chi connectivity index (χ1n) is 5.26. The van der Waals surface area contributed by atoms with E-state index in [1.54, 1.807) is 13.3 Å². The summed E-state index contributed by atoms with van der Waals surface area (Å²) >= 11 is 0. The molecule has 0 amide bonds. The van der Waals surface area contributed by atoms with Crippen LogP contribution in [0.25, 0.3) is 0 Å². The lowest BCUT2D eigenvalue weighted by molar-refractivity contribution is 0.386. The van der Waals surface area contributed by atoms with E-state index >= 15 is 0 Å². The molecular weight excluding hydrogens is 188 g/mol. The minimum Gasteiger partial charge on any atom is -0.480 e. The van der Waals surface area contributed by atoms with Crippen molar-refractivity contribution in [2.75, 3.05) is 19.0 Å². The molecule has 0 aromatic carbocycles. The normalized spacial score (nSPS) is 11.2. The molecule has 0 saturated heterocycles. The highest BCUT2D eigenvalue weighted by Gasteiger charge is 2.10. The zero-order chi connectivity index (χ0) is 11.3. The van der Waals surface area contributed by atoms with Crippen molar-refractivity contribution < 1.29 is 4.74 Å². The van der Waals surface area contributed by atoms with Crippen LogP contribution in [-0.4, -0.2) is 18.6 Å². The molecule has 0 aliphatic carbocycles. The Bertz CT molecular complexity index is 305. The van der Waals surface area contributed by atoms with Gasteiger partial charge in [0.05, 0.1) is 12.8 Å². The number of nitrogens with zero attached hydrogens (tertiary/aromatic N) is 1.